The van der Waals surface area contributed by atoms with E-state index in [9.17, 15) is 4.79 Å². The molecule has 2 aromatic carbocycles. The Morgan fingerprint density at radius 2 is 1.91 bits per heavy atom. The van der Waals surface area contributed by atoms with Gasteiger partial charge in [-0.1, -0.05) is 18.2 Å². The van der Waals surface area contributed by atoms with E-state index in [1.165, 1.54) is 11.3 Å². The van der Waals surface area contributed by atoms with Crippen LogP contribution in [0.4, 0.5) is 5.13 Å². The number of carbonyl (C=O) groups excluding carboxylic acids is 1. The van der Waals surface area contributed by atoms with Crippen LogP contribution in [0.3, 0.4) is 0 Å². The van der Waals surface area contributed by atoms with Crippen molar-refractivity contribution in [2.24, 2.45) is 0 Å². The van der Waals surface area contributed by atoms with Gasteiger partial charge in [0.25, 0.3) is 5.91 Å². The molecule has 0 bridgehead atoms. The maximum Gasteiger partial charge on any atom is 0.257 e. The molecule has 0 spiro atoms. The predicted octanol–water partition coefficient (Wildman–Crippen LogP) is 3.79. The highest BCUT2D eigenvalue weighted by Gasteiger charge is 2.15. The number of fused-ring (bicyclic) bond motifs is 1. The molecule has 0 radical (unpaired) electrons. The summed E-state index contributed by atoms with van der Waals surface area (Å²) in [6.07, 6.45) is 0. The molecule has 1 aliphatic rings. The molecule has 4 rings (SSSR count). The van der Waals surface area contributed by atoms with Gasteiger partial charge in [0.2, 0.25) is 6.79 Å². The van der Waals surface area contributed by atoms with E-state index in [0.717, 1.165) is 17.0 Å². The van der Waals surface area contributed by atoms with Crippen LogP contribution in [-0.2, 0) is 0 Å². The van der Waals surface area contributed by atoms with Gasteiger partial charge < -0.3 is 9.47 Å². The zero-order valence-corrected chi connectivity index (χ0v) is 12.8. The van der Waals surface area contributed by atoms with Crippen LogP contribution in [0, 0.1) is 0 Å². The van der Waals surface area contributed by atoms with Crippen molar-refractivity contribution in [2.75, 3.05) is 12.1 Å². The van der Waals surface area contributed by atoms with Gasteiger partial charge in [-0.05, 0) is 30.3 Å². The maximum absolute atomic E-state index is 12.1. The number of hydrogen-bond donors (Lipinski definition) is 1. The van der Waals surface area contributed by atoms with Gasteiger partial charge in [0, 0.05) is 16.5 Å². The minimum atomic E-state index is -0.169. The maximum atomic E-state index is 12.1. The molecule has 1 aromatic heterocycles. The van der Waals surface area contributed by atoms with Crippen molar-refractivity contribution >= 4 is 22.4 Å². The lowest BCUT2D eigenvalue weighted by atomic mass is 10.1. The molecule has 0 fully saturated rings. The van der Waals surface area contributed by atoms with Crippen LogP contribution in [0.2, 0.25) is 0 Å². The molecule has 0 atom stereocenters. The topological polar surface area (TPSA) is 60.5 Å². The number of anilines is 1. The molecule has 2 heterocycles. The molecule has 1 N–H and O–H groups in total. The summed E-state index contributed by atoms with van der Waals surface area (Å²) in [6.45, 7) is 0.244. The molecule has 0 unspecified atom stereocenters. The van der Waals surface area contributed by atoms with E-state index >= 15 is 0 Å². The zero-order valence-electron chi connectivity index (χ0n) is 12.0. The molecule has 6 heteroatoms. The Labute approximate surface area is 136 Å². The number of benzene rings is 2. The number of nitrogens with zero attached hydrogens (tertiary/aromatic N) is 1. The fourth-order valence-corrected chi connectivity index (χ4v) is 2.99. The third-order valence-electron chi connectivity index (χ3n) is 3.43. The van der Waals surface area contributed by atoms with Crippen molar-refractivity contribution in [3.8, 4) is 22.8 Å². The van der Waals surface area contributed by atoms with Gasteiger partial charge in [0.05, 0.1) is 5.69 Å². The molecule has 114 valence electrons. The average molecular weight is 324 g/mol. The van der Waals surface area contributed by atoms with Crippen molar-refractivity contribution < 1.29 is 14.3 Å². The quantitative estimate of drug-likeness (QED) is 0.796. The summed E-state index contributed by atoms with van der Waals surface area (Å²) in [5.74, 6) is 1.28. The summed E-state index contributed by atoms with van der Waals surface area (Å²) in [6, 6.07) is 14.7. The molecule has 0 saturated carbocycles. The van der Waals surface area contributed by atoms with Crippen molar-refractivity contribution in [1.29, 1.82) is 0 Å². The molecule has 0 aliphatic carbocycles. The number of rotatable bonds is 3. The first-order valence-corrected chi connectivity index (χ1v) is 7.89. The van der Waals surface area contributed by atoms with E-state index in [-0.39, 0.29) is 12.7 Å². The van der Waals surface area contributed by atoms with E-state index in [1.54, 1.807) is 12.1 Å². The number of carbonyl (C=O) groups is 1. The van der Waals surface area contributed by atoms with Gasteiger partial charge in [-0.15, -0.1) is 11.3 Å². The fraction of sp³-hybridized carbons (Fsp3) is 0.0588. The minimum Gasteiger partial charge on any atom is -0.454 e. The minimum absolute atomic E-state index is 0.169. The number of amides is 1. The summed E-state index contributed by atoms with van der Waals surface area (Å²) in [7, 11) is 0. The lowest BCUT2D eigenvalue weighted by Crippen LogP contribution is -2.11. The number of aromatic nitrogens is 1. The van der Waals surface area contributed by atoms with E-state index in [4.69, 9.17) is 9.47 Å². The van der Waals surface area contributed by atoms with E-state index in [1.807, 2.05) is 41.8 Å². The Bertz CT molecular complexity index is 861. The van der Waals surface area contributed by atoms with Gasteiger partial charge in [0.1, 0.15) is 0 Å². The zero-order chi connectivity index (χ0) is 15.6. The lowest BCUT2D eigenvalue weighted by Gasteiger charge is -2.01. The van der Waals surface area contributed by atoms with E-state index in [2.05, 4.69) is 10.3 Å². The molecule has 1 amide bonds. The van der Waals surface area contributed by atoms with Gasteiger partial charge in [-0.25, -0.2) is 4.98 Å². The van der Waals surface area contributed by atoms with Crippen LogP contribution >= 0.6 is 11.3 Å². The number of thiazole rings is 1. The Kier molecular flexibility index (Phi) is 3.44. The van der Waals surface area contributed by atoms with E-state index < -0.39 is 0 Å². The second-order valence-corrected chi connectivity index (χ2v) is 5.78. The summed E-state index contributed by atoms with van der Waals surface area (Å²) in [5.41, 5.74) is 2.31. The van der Waals surface area contributed by atoms with Crippen LogP contribution in [-0.4, -0.2) is 17.7 Å². The SMILES string of the molecule is O=C(Nc1nc(-c2ccc3c(c2)OCO3)cs1)c1ccccc1. The first kappa shape index (κ1) is 13.8. The number of hydrogen-bond acceptors (Lipinski definition) is 5. The summed E-state index contributed by atoms with van der Waals surface area (Å²) in [4.78, 5) is 16.6. The first-order valence-electron chi connectivity index (χ1n) is 7.01. The molecule has 3 aromatic rings. The fourth-order valence-electron chi connectivity index (χ4n) is 2.28. The molecule has 23 heavy (non-hydrogen) atoms. The van der Waals surface area contributed by atoms with Crippen LogP contribution in [0.5, 0.6) is 11.5 Å². The van der Waals surface area contributed by atoms with Gasteiger partial charge in [0.15, 0.2) is 16.6 Å². The van der Waals surface area contributed by atoms with Crippen molar-refractivity contribution in [3.63, 3.8) is 0 Å². The molecular formula is C17H12N2O3S. The van der Waals surface area contributed by atoms with Gasteiger partial charge in [-0.3, -0.25) is 10.1 Å². The average Bonchev–Trinajstić information content (AvgIpc) is 3.23. The first-order chi connectivity index (χ1) is 11.3. The Morgan fingerprint density at radius 3 is 2.78 bits per heavy atom. The normalized spacial score (nSPS) is 12.2. The Hall–Kier alpha value is -2.86. The Balaban J connectivity index is 1.54. The number of nitrogens with one attached hydrogen (secondary N) is 1. The molecule has 0 saturated heterocycles. The van der Waals surface area contributed by atoms with Crippen LogP contribution in [0.15, 0.2) is 53.9 Å². The van der Waals surface area contributed by atoms with Crippen molar-refractivity contribution in [3.05, 3.63) is 59.5 Å². The monoisotopic (exact) mass is 324 g/mol. The summed E-state index contributed by atoms with van der Waals surface area (Å²) >= 11 is 1.39. The van der Waals surface area contributed by atoms with Crippen LogP contribution in [0.25, 0.3) is 11.3 Å². The second kappa shape index (κ2) is 5.73. The highest BCUT2D eigenvalue weighted by molar-refractivity contribution is 7.14. The standard InChI is InChI=1S/C17H12N2O3S/c20-16(11-4-2-1-3-5-11)19-17-18-13(9-23-17)12-6-7-14-15(8-12)22-10-21-14/h1-9H,10H2,(H,18,19,20). The molecule has 5 nitrogen and oxygen atoms in total. The summed E-state index contributed by atoms with van der Waals surface area (Å²) in [5, 5.41) is 5.28. The van der Waals surface area contributed by atoms with Crippen LogP contribution < -0.4 is 14.8 Å². The van der Waals surface area contributed by atoms with Gasteiger partial charge in [-0.2, -0.15) is 0 Å². The summed E-state index contributed by atoms with van der Waals surface area (Å²) < 4.78 is 10.7. The van der Waals surface area contributed by atoms with Crippen molar-refractivity contribution in [2.45, 2.75) is 0 Å². The third-order valence-corrected chi connectivity index (χ3v) is 4.19. The largest absolute Gasteiger partial charge is 0.454 e. The predicted molar refractivity (Wildman–Crippen MR) is 88.1 cm³/mol. The van der Waals surface area contributed by atoms with Gasteiger partial charge >= 0.3 is 0 Å². The molecular weight excluding hydrogens is 312 g/mol. The molecule has 1 aliphatic heterocycles. The lowest BCUT2D eigenvalue weighted by molar-refractivity contribution is 0.102. The highest BCUT2D eigenvalue weighted by atomic mass is 32.1. The van der Waals surface area contributed by atoms with Crippen molar-refractivity contribution in [1.82, 2.24) is 4.98 Å². The highest BCUT2D eigenvalue weighted by Crippen LogP contribution is 2.36. The Morgan fingerprint density at radius 1 is 1.09 bits per heavy atom. The van der Waals surface area contributed by atoms with E-state index in [0.29, 0.717) is 16.4 Å². The third kappa shape index (κ3) is 2.76. The van der Waals surface area contributed by atoms with Crippen LogP contribution in [0.1, 0.15) is 10.4 Å². The smallest absolute Gasteiger partial charge is 0.257 e. The number of ether oxygens (including phenoxy) is 2. The second-order valence-electron chi connectivity index (χ2n) is 4.93.